The molecule has 1 aliphatic rings. The van der Waals surface area contributed by atoms with E-state index in [9.17, 15) is 29.1 Å². The van der Waals surface area contributed by atoms with Crippen LogP contribution in [-0.4, -0.2) is 66.2 Å². The lowest BCUT2D eigenvalue weighted by Gasteiger charge is -2.29. The first-order valence-corrected chi connectivity index (χ1v) is 21.7. The number of rotatable bonds is 18. The highest BCUT2D eigenvalue weighted by molar-refractivity contribution is 6.01. The van der Waals surface area contributed by atoms with Gasteiger partial charge in [-0.05, 0) is 74.9 Å². The van der Waals surface area contributed by atoms with Gasteiger partial charge in [0.05, 0.1) is 17.2 Å². The molecule has 4 aromatic rings. The summed E-state index contributed by atoms with van der Waals surface area (Å²) in [7, 11) is 0. The Balaban J connectivity index is 0.000000362. The number of carbonyl (C=O) groups is 5. The van der Waals surface area contributed by atoms with Crippen molar-refractivity contribution >= 4 is 48.3 Å². The summed E-state index contributed by atoms with van der Waals surface area (Å²) in [4.78, 5) is 62.7. The second kappa shape index (κ2) is 26.7. The molecule has 1 heterocycles. The summed E-state index contributed by atoms with van der Waals surface area (Å²) < 4.78 is 16.9. The average Bonchev–Trinajstić information content (AvgIpc) is 3.28. The molecule has 1 aliphatic heterocycles. The summed E-state index contributed by atoms with van der Waals surface area (Å²) in [6.07, 6.45) is 1.15. The largest absolute Gasteiger partial charge is 0.505 e. The first-order chi connectivity index (χ1) is 29.8. The molecule has 0 spiro atoms. The van der Waals surface area contributed by atoms with E-state index in [1.807, 2.05) is 20.8 Å². The molecule has 0 aliphatic carbocycles. The fourth-order valence-corrected chi connectivity index (χ4v) is 7.42. The second-order valence-corrected chi connectivity index (χ2v) is 16.1. The van der Waals surface area contributed by atoms with Gasteiger partial charge in [0, 0.05) is 18.4 Å². The van der Waals surface area contributed by atoms with Gasteiger partial charge in [-0.3, -0.25) is 19.2 Å². The number of hydrogen-bond donors (Lipinski definition) is 4. The van der Waals surface area contributed by atoms with Crippen LogP contribution in [-0.2, 0) is 33.4 Å². The number of unbranched alkanes of at least 4 members (excludes halogenated alkanes) is 2. The molecule has 6 unspecified atom stereocenters. The first kappa shape index (κ1) is 51.6. The van der Waals surface area contributed by atoms with E-state index in [0.29, 0.717) is 31.2 Å². The van der Waals surface area contributed by atoms with Crippen molar-refractivity contribution < 1.29 is 43.3 Å². The van der Waals surface area contributed by atoms with E-state index in [1.165, 1.54) is 48.7 Å². The molecule has 0 saturated carbocycles. The van der Waals surface area contributed by atoms with Crippen LogP contribution in [0.25, 0.3) is 0 Å². The van der Waals surface area contributed by atoms with Crippen molar-refractivity contribution in [3.05, 3.63) is 131 Å². The molecular weight excluding hydrogens is 822 g/mol. The number of halogens is 1. The molecule has 0 aromatic heterocycles. The third-order valence-corrected chi connectivity index (χ3v) is 10.8. The maximum absolute atomic E-state index is 13.3. The van der Waals surface area contributed by atoms with Gasteiger partial charge in [0.2, 0.25) is 6.41 Å². The average molecular weight is 887 g/mol. The lowest BCUT2D eigenvalue weighted by Crippen LogP contribution is -2.50. The highest BCUT2D eigenvalue weighted by atomic mass is 35.5. The van der Waals surface area contributed by atoms with Gasteiger partial charge in [0.15, 0.2) is 17.9 Å². The summed E-state index contributed by atoms with van der Waals surface area (Å²) in [5, 5.41) is 18.8. The van der Waals surface area contributed by atoms with E-state index in [-0.39, 0.29) is 36.0 Å². The van der Waals surface area contributed by atoms with Gasteiger partial charge in [0.25, 0.3) is 5.91 Å². The van der Waals surface area contributed by atoms with Gasteiger partial charge in [-0.25, -0.2) is 4.79 Å². The Morgan fingerprint density at radius 2 is 1.35 bits per heavy atom. The van der Waals surface area contributed by atoms with E-state index in [1.54, 1.807) is 0 Å². The molecule has 2 amide bonds. The minimum Gasteiger partial charge on any atom is -0.505 e. The van der Waals surface area contributed by atoms with Crippen LogP contribution in [0.3, 0.4) is 0 Å². The van der Waals surface area contributed by atoms with Crippen LogP contribution >= 0.6 is 12.4 Å². The Morgan fingerprint density at radius 3 is 1.90 bits per heavy atom. The van der Waals surface area contributed by atoms with Crippen molar-refractivity contribution in [1.29, 1.82) is 0 Å². The molecule has 4 aromatic carbocycles. The van der Waals surface area contributed by atoms with Crippen LogP contribution in [0.15, 0.2) is 109 Å². The first-order valence-electron chi connectivity index (χ1n) is 21.7. The normalized spacial score (nSPS) is 19.0. The second-order valence-electron chi connectivity index (χ2n) is 16.1. The molecule has 1 saturated heterocycles. The SMILES string of the molecule is CC(NCCC(c1ccccc1)c1ccccc1)c1ccccc1.CCCCCC1C(=O)OC(C)C(NC(=O)c2cccc(NC=O)c2O)C(=O)OC(C)C1OC(=O)CC(C)C.Cl. The number of phenolic OH excluding ortho intramolecular Hbond substituents is 1. The van der Waals surface area contributed by atoms with E-state index in [0.717, 1.165) is 25.8 Å². The number of esters is 3. The van der Waals surface area contributed by atoms with Gasteiger partial charge in [0.1, 0.15) is 12.2 Å². The molecule has 6 atom stereocenters. The van der Waals surface area contributed by atoms with Crippen molar-refractivity contribution in [2.75, 3.05) is 11.9 Å². The lowest BCUT2D eigenvalue weighted by atomic mass is 9.88. The number of ether oxygens (including phenoxy) is 3. The molecule has 13 heteroatoms. The predicted octanol–water partition coefficient (Wildman–Crippen LogP) is 9.07. The fraction of sp³-hybridized carbons (Fsp3) is 0.420. The van der Waals surface area contributed by atoms with Gasteiger partial charge >= 0.3 is 17.9 Å². The van der Waals surface area contributed by atoms with E-state index in [2.05, 4.69) is 114 Å². The van der Waals surface area contributed by atoms with Crippen molar-refractivity contribution in [2.45, 2.75) is 116 Å². The Labute approximate surface area is 378 Å². The van der Waals surface area contributed by atoms with Crippen LogP contribution < -0.4 is 16.0 Å². The number of phenols is 1. The molecule has 0 radical (unpaired) electrons. The Morgan fingerprint density at radius 1 is 0.778 bits per heavy atom. The van der Waals surface area contributed by atoms with Crippen LogP contribution in [0.4, 0.5) is 5.69 Å². The van der Waals surface area contributed by atoms with E-state index in [4.69, 9.17) is 14.2 Å². The summed E-state index contributed by atoms with van der Waals surface area (Å²) in [6, 6.07) is 35.3. The van der Waals surface area contributed by atoms with Crippen LogP contribution in [0.2, 0.25) is 0 Å². The van der Waals surface area contributed by atoms with Crippen molar-refractivity contribution in [2.24, 2.45) is 11.8 Å². The molecular formula is C50H64ClN3O9. The summed E-state index contributed by atoms with van der Waals surface area (Å²) in [5.74, 6) is -3.84. The third-order valence-electron chi connectivity index (χ3n) is 10.8. The molecule has 4 N–H and O–H groups in total. The van der Waals surface area contributed by atoms with Crippen molar-refractivity contribution in [3.63, 3.8) is 0 Å². The monoisotopic (exact) mass is 885 g/mol. The zero-order valence-corrected chi connectivity index (χ0v) is 38.0. The molecule has 1 fully saturated rings. The zero-order valence-electron chi connectivity index (χ0n) is 37.2. The zero-order chi connectivity index (χ0) is 45.0. The standard InChI is InChI=1S/C27H38N2O9.C23H25N.ClH/c1-6-7-8-10-19-24(38-21(31)13-15(2)3)17(5)37-27(35)22(16(4)36-26(19)34)29-25(33)18-11-9-12-20(23(18)32)28-14-30;1-19(20-11-5-2-6-12-20)24-18-17-23(21-13-7-3-8-14-21)22-15-9-4-10-16-22;/h9,11-12,14-17,19,22,24,32H,6-8,10,13H2,1-5H3,(H,28,30)(H,29,33);2-16,19,23-24H,17-18H2,1H3;1H. The molecule has 0 bridgehead atoms. The number of benzene rings is 4. The number of amides is 2. The van der Waals surface area contributed by atoms with E-state index >= 15 is 0 Å². The number of aromatic hydroxyl groups is 1. The van der Waals surface area contributed by atoms with Crippen LogP contribution in [0.1, 0.15) is 119 Å². The number of anilines is 1. The summed E-state index contributed by atoms with van der Waals surface area (Å²) in [6.45, 7) is 11.9. The van der Waals surface area contributed by atoms with Crippen molar-refractivity contribution in [1.82, 2.24) is 10.6 Å². The summed E-state index contributed by atoms with van der Waals surface area (Å²) in [5.41, 5.74) is 3.90. The smallest absolute Gasteiger partial charge is 0.332 e. The lowest BCUT2D eigenvalue weighted by molar-refractivity contribution is -0.175. The van der Waals surface area contributed by atoms with Gasteiger partial charge in [-0.2, -0.15) is 0 Å². The fourth-order valence-electron chi connectivity index (χ4n) is 7.42. The maximum Gasteiger partial charge on any atom is 0.332 e. The van der Waals surface area contributed by atoms with Gasteiger partial charge < -0.3 is 35.3 Å². The van der Waals surface area contributed by atoms with Crippen LogP contribution in [0, 0.1) is 11.8 Å². The quantitative estimate of drug-likeness (QED) is 0.0249. The number of carbonyl (C=O) groups excluding carboxylic acids is 5. The predicted molar refractivity (Wildman–Crippen MR) is 247 cm³/mol. The number of para-hydroxylation sites is 1. The minimum absolute atomic E-state index is 0. The Kier molecular flexibility index (Phi) is 21.9. The van der Waals surface area contributed by atoms with Gasteiger partial charge in [-0.1, -0.05) is 137 Å². The van der Waals surface area contributed by atoms with Crippen LogP contribution in [0.5, 0.6) is 5.75 Å². The molecule has 340 valence electrons. The number of nitrogens with one attached hydrogen (secondary N) is 3. The Bertz CT molecular complexity index is 1980. The minimum atomic E-state index is -1.42. The number of hydrogen-bond acceptors (Lipinski definition) is 10. The highest BCUT2D eigenvalue weighted by Crippen LogP contribution is 2.30. The van der Waals surface area contributed by atoms with Crippen molar-refractivity contribution in [3.8, 4) is 5.75 Å². The summed E-state index contributed by atoms with van der Waals surface area (Å²) >= 11 is 0. The highest BCUT2D eigenvalue weighted by Gasteiger charge is 2.44. The molecule has 63 heavy (non-hydrogen) atoms. The van der Waals surface area contributed by atoms with Gasteiger partial charge in [-0.15, -0.1) is 12.4 Å². The van der Waals surface area contributed by atoms with E-state index < -0.39 is 59.8 Å². The topological polar surface area (TPSA) is 169 Å². The number of cyclic esters (lactones) is 2. The maximum atomic E-state index is 13.3. The Hall–Kier alpha value is -5.72. The third kappa shape index (κ3) is 15.9. The molecule has 12 nitrogen and oxygen atoms in total. The molecule has 5 rings (SSSR count).